The Labute approximate surface area is 185 Å². The first-order valence-electron chi connectivity index (χ1n) is 9.10. The van der Waals surface area contributed by atoms with E-state index in [1.807, 2.05) is 0 Å². The Balaban J connectivity index is 1.90. The number of rotatable bonds is 9. The third kappa shape index (κ3) is 7.60. The predicted molar refractivity (Wildman–Crippen MR) is 110 cm³/mol. The largest absolute Gasteiger partial charge is 0.493 e. The van der Waals surface area contributed by atoms with Crippen LogP contribution in [0, 0.1) is 0 Å². The number of benzene rings is 2. The summed E-state index contributed by atoms with van der Waals surface area (Å²) in [4.78, 5) is 12.0. The van der Waals surface area contributed by atoms with Gasteiger partial charge in [-0.1, -0.05) is 28.1 Å². The molecule has 0 radical (unpaired) electrons. The SMILES string of the molecule is COc1cc(CNC(=O)NCc2ccc(C(F)(F)F)cc2)c(Br)cc1OCC(O)CO. The van der Waals surface area contributed by atoms with E-state index >= 15 is 0 Å². The van der Waals surface area contributed by atoms with Crippen molar-refractivity contribution in [3.8, 4) is 11.5 Å². The molecule has 11 heteroatoms. The van der Waals surface area contributed by atoms with Gasteiger partial charge in [0.05, 0.1) is 19.3 Å². The predicted octanol–water partition coefficient (Wildman–Crippen LogP) is 3.21. The molecule has 2 rings (SSSR count). The van der Waals surface area contributed by atoms with Gasteiger partial charge < -0.3 is 30.3 Å². The summed E-state index contributed by atoms with van der Waals surface area (Å²) in [6, 6.07) is 7.27. The Bertz CT molecular complexity index is 878. The summed E-state index contributed by atoms with van der Waals surface area (Å²) in [5.74, 6) is 0.715. The zero-order valence-corrected chi connectivity index (χ0v) is 18.1. The Hall–Kier alpha value is -2.50. The van der Waals surface area contributed by atoms with Crippen LogP contribution in [-0.4, -0.2) is 42.7 Å². The molecule has 1 unspecified atom stereocenters. The number of carbonyl (C=O) groups is 1. The number of hydrogen-bond acceptors (Lipinski definition) is 5. The smallest absolute Gasteiger partial charge is 0.416 e. The number of aliphatic hydroxyl groups excluding tert-OH is 2. The molecule has 170 valence electrons. The molecule has 2 aromatic rings. The molecule has 1 atom stereocenters. The van der Waals surface area contributed by atoms with Crippen molar-refractivity contribution in [1.82, 2.24) is 10.6 Å². The summed E-state index contributed by atoms with van der Waals surface area (Å²) in [6.07, 6.45) is -5.44. The number of carbonyl (C=O) groups excluding carboxylic acids is 1. The fourth-order valence-corrected chi connectivity index (χ4v) is 2.92. The second-order valence-electron chi connectivity index (χ2n) is 6.47. The number of urea groups is 1. The maximum absolute atomic E-state index is 12.6. The minimum Gasteiger partial charge on any atom is -0.493 e. The molecule has 0 bridgehead atoms. The molecule has 0 aliphatic rings. The Morgan fingerprint density at radius 1 is 1.13 bits per heavy atom. The van der Waals surface area contributed by atoms with Crippen LogP contribution in [0.3, 0.4) is 0 Å². The maximum Gasteiger partial charge on any atom is 0.416 e. The molecule has 0 saturated carbocycles. The zero-order chi connectivity index (χ0) is 23.0. The monoisotopic (exact) mass is 506 g/mol. The molecule has 4 N–H and O–H groups in total. The van der Waals surface area contributed by atoms with Crippen molar-refractivity contribution < 1.29 is 37.7 Å². The molecule has 0 aliphatic carbocycles. The van der Waals surface area contributed by atoms with Gasteiger partial charge in [-0.05, 0) is 35.4 Å². The van der Waals surface area contributed by atoms with Gasteiger partial charge in [0.1, 0.15) is 12.7 Å². The molecule has 2 aromatic carbocycles. The van der Waals surface area contributed by atoms with Crippen LogP contribution in [-0.2, 0) is 19.3 Å². The number of ether oxygens (including phenoxy) is 2. The lowest BCUT2D eigenvalue weighted by atomic mass is 10.1. The van der Waals surface area contributed by atoms with Gasteiger partial charge in [-0.25, -0.2) is 4.79 Å². The average molecular weight is 507 g/mol. The summed E-state index contributed by atoms with van der Waals surface area (Å²) < 4.78 is 49.0. The van der Waals surface area contributed by atoms with Crippen LogP contribution in [0.15, 0.2) is 40.9 Å². The second-order valence-corrected chi connectivity index (χ2v) is 7.33. The van der Waals surface area contributed by atoms with Crippen molar-refractivity contribution in [2.75, 3.05) is 20.3 Å². The average Bonchev–Trinajstić information content (AvgIpc) is 2.74. The van der Waals surface area contributed by atoms with E-state index in [-0.39, 0.29) is 19.7 Å². The molecule has 0 fully saturated rings. The summed E-state index contributed by atoms with van der Waals surface area (Å²) >= 11 is 3.37. The number of nitrogens with one attached hydrogen (secondary N) is 2. The first-order valence-corrected chi connectivity index (χ1v) is 9.89. The van der Waals surface area contributed by atoms with Crippen molar-refractivity contribution >= 4 is 22.0 Å². The minimum atomic E-state index is -4.41. The van der Waals surface area contributed by atoms with Crippen molar-refractivity contribution in [2.45, 2.75) is 25.4 Å². The van der Waals surface area contributed by atoms with Gasteiger partial charge in [-0.15, -0.1) is 0 Å². The van der Waals surface area contributed by atoms with Gasteiger partial charge in [-0.3, -0.25) is 0 Å². The van der Waals surface area contributed by atoms with E-state index in [0.717, 1.165) is 12.1 Å². The van der Waals surface area contributed by atoms with E-state index in [0.29, 0.717) is 27.1 Å². The molecule has 0 aliphatic heterocycles. The number of alkyl halides is 3. The van der Waals surface area contributed by atoms with Crippen molar-refractivity contribution in [2.24, 2.45) is 0 Å². The number of halogens is 4. The van der Waals surface area contributed by atoms with E-state index in [9.17, 15) is 23.1 Å². The first kappa shape index (κ1) is 24.8. The van der Waals surface area contributed by atoms with Crippen LogP contribution in [0.1, 0.15) is 16.7 Å². The molecular formula is C20H22BrF3N2O5. The third-order valence-electron chi connectivity index (χ3n) is 4.15. The molecule has 0 aromatic heterocycles. The maximum atomic E-state index is 12.6. The first-order chi connectivity index (χ1) is 14.6. The Kier molecular flexibility index (Phi) is 8.96. The van der Waals surface area contributed by atoms with Crippen molar-refractivity contribution in [3.63, 3.8) is 0 Å². The van der Waals surface area contributed by atoms with Crippen LogP contribution >= 0.6 is 15.9 Å². The van der Waals surface area contributed by atoms with Gasteiger partial charge in [0, 0.05) is 17.6 Å². The fraction of sp³-hybridized carbons (Fsp3) is 0.350. The highest BCUT2D eigenvalue weighted by Crippen LogP contribution is 2.33. The second kappa shape index (κ2) is 11.2. The molecule has 0 saturated heterocycles. The quantitative estimate of drug-likeness (QED) is 0.418. The zero-order valence-electron chi connectivity index (χ0n) is 16.5. The van der Waals surface area contributed by atoms with Crippen LogP contribution in [0.4, 0.5) is 18.0 Å². The minimum absolute atomic E-state index is 0.0639. The van der Waals surface area contributed by atoms with Gasteiger partial charge in [0.25, 0.3) is 0 Å². The van der Waals surface area contributed by atoms with Crippen LogP contribution in [0.5, 0.6) is 11.5 Å². The Morgan fingerprint density at radius 3 is 2.35 bits per heavy atom. The number of methoxy groups -OCH3 is 1. The summed E-state index contributed by atoms with van der Waals surface area (Å²) in [5.41, 5.74) is 0.451. The summed E-state index contributed by atoms with van der Waals surface area (Å²) in [7, 11) is 1.44. The highest BCUT2D eigenvalue weighted by atomic mass is 79.9. The standard InChI is InChI=1S/C20H22BrF3N2O5/c1-30-17-6-13(16(21)7-18(17)31-11-15(28)10-27)9-26-19(29)25-8-12-2-4-14(5-3-12)20(22,23)24/h2-7,15,27-28H,8-11H2,1H3,(H2,25,26,29). The lowest BCUT2D eigenvalue weighted by molar-refractivity contribution is -0.137. The van der Waals surface area contributed by atoms with Crippen molar-refractivity contribution in [3.05, 3.63) is 57.6 Å². The molecular weight excluding hydrogens is 485 g/mol. The van der Waals surface area contributed by atoms with Gasteiger partial charge in [-0.2, -0.15) is 13.2 Å². The highest BCUT2D eigenvalue weighted by Gasteiger charge is 2.29. The molecule has 0 heterocycles. The molecule has 31 heavy (non-hydrogen) atoms. The van der Waals surface area contributed by atoms with Crippen LogP contribution in [0.25, 0.3) is 0 Å². The van der Waals surface area contributed by atoms with E-state index in [1.165, 1.54) is 19.2 Å². The number of aliphatic hydroxyl groups is 2. The third-order valence-corrected chi connectivity index (χ3v) is 4.89. The van der Waals surface area contributed by atoms with Gasteiger partial charge >= 0.3 is 12.2 Å². The van der Waals surface area contributed by atoms with Crippen LogP contribution in [0.2, 0.25) is 0 Å². The normalized spacial score (nSPS) is 12.2. The number of amides is 2. The topological polar surface area (TPSA) is 100 Å². The number of hydrogen-bond donors (Lipinski definition) is 4. The lowest BCUT2D eigenvalue weighted by Gasteiger charge is -2.16. The lowest BCUT2D eigenvalue weighted by Crippen LogP contribution is -2.34. The highest BCUT2D eigenvalue weighted by molar-refractivity contribution is 9.10. The van der Waals surface area contributed by atoms with Crippen molar-refractivity contribution in [1.29, 1.82) is 0 Å². The van der Waals surface area contributed by atoms with Gasteiger partial charge in [0.2, 0.25) is 0 Å². The van der Waals surface area contributed by atoms with E-state index < -0.39 is 30.5 Å². The molecule has 2 amide bonds. The molecule has 0 spiro atoms. The Morgan fingerprint density at radius 2 is 1.77 bits per heavy atom. The van der Waals surface area contributed by atoms with E-state index in [1.54, 1.807) is 12.1 Å². The van der Waals surface area contributed by atoms with E-state index in [2.05, 4.69) is 26.6 Å². The summed E-state index contributed by atoms with van der Waals surface area (Å²) in [5, 5.41) is 23.5. The fourth-order valence-electron chi connectivity index (χ4n) is 2.46. The summed E-state index contributed by atoms with van der Waals surface area (Å²) in [6.45, 7) is -0.361. The molecule has 7 nitrogen and oxygen atoms in total. The van der Waals surface area contributed by atoms with E-state index in [4.69, 9.17) is 14.6 Å². The van der Waals surface area contributed by atoms with Crippen LogP contribution < -0.4 is 20.1 Å². The van der Waals surface area contributed by atoms with Gasteiger partial charge in [0.15, 0.2) is 11.5 Å².